The molecule has 0 aliphatic rings. The third-order valence-electron chi connectivity index (χ3n) is 1.94. The van der Waals surface area contributed by atoms with Crippen molar-refractivity contribution in [3.8, 4) is 0 Å². The van der Waals surface area contributed by atoms with Crippen molar-refractivity contribution < 1.29 is 4.79 Å². The highest BCUT2D eigenvalue weighted by molar-refractivity contribution is 7.98. The van der Waals surface area contributed by atoms with E-state index >= 15 is 0 Å². The van der Waals surface area contributed by atoms with Crippen molar-refractivity contribution in [3.63, 3.8) is 0 Å². The molecule has 0 saturated carbocycles. The summed E-state index contributed by atoms with van der Waals surface area (Å²) in [5.74, 6) is -0.583. The van der Waals surface area contributed by atoms with Gasteiger partial charge in [-0.2, -0.15) is 0 Å². The van der Waals surface area contributed by atoms with Crippen LogP contribution in [0.5, 0.6) is 0 Å². The number of hydrogen-bond acceptors (Lipinski definition) is 4. The van der Waals surface area contributed by atoms with Crippen molar-refractivity contribution in [1.29, 1.82) is 0 Å². The Kier molecular flexibility index (Phi) is 2.40. The van der Waals surface area contributed by atoms with Crippen molar-refractivity contribution in [2.45, 2.75) is 5.03 Å². The number of thioether (sulfide) groups is 1. The van der Waals surface area contributed by atoms with Crippen LogP contribution in [0, 0.1) is 0 Å². The van der Waals surface area contributed by atoms with Crippen LogP contribution in [0.3, 0.4) is 0 Å². The standard InChI is InChI=1S/C8H7BN4OS/c1-15-8-7-11-2-5(9)13(7)3-4(12-8)6(10)14/h2-3H,1H3,(H2,10,14). The Morgan fingerprint density at radius 1 is 1.67 bits per heavy atom. The number of amides is 1. The summed E-state index contributed by atoms with van der Waals surface area (Å²) in [6, 6.07) is 0. The molecule has 0 spiro atoms. The van der Waals surface area contributed by atoms with E-state index in [9.17, 15) is 4.79 Å². The third kappa shape index (κ3) is 1.59. The monoisotopic (exact) mass is 218 g/mol. The predicted octanol–water partition coefficient (Wildman–Crippen LogP) is -0.656. The molecule has 74 valence electrons. The van der Waals surface area contributed by atoms with Crippen molar-refractivity contribution in [2.75, 3.05) is 6.26 Å². The highest BCUT2D eigenvalue weighted by Gasteiger charge is 2.11. The topological polar surface area (TPSA) is 73.3 Å². The molecule has 2 heterocycles. The van der Waals surface area contributed by atoms with Gasteiger partial charge in [0.25, 0.3) is 5.91 Å². The van der Waals surface area contributed by atoms with Gasteiger partial charge in [0.15, 0.2) is 5.65 Å². The molecule has 0 saturated heterocycles. The average Bonchev–Trinajstić information content (AvgIpc) is 2.59. The summed E-state index contributed by atoms with van der Waals surface area (Å²) in [7, 11) is 5.68. The molecule has 0 aromatic carbocycles. The van der Waals surface area contributed by atoms with Crippen molar-refractivity contribution in [1.82, 2.24) is 14.4 Å². The van der Waals surface area contributed by atoms with Crippen LogP contribution >= 0.6 is 11.8 Å². The van der Waals surface area contributed by atoms with Gasteiger partial charge in [0, 0.05) is 12.4 Å². The Morgan fingerprint density at radius 3 is 3.00 bits per heavy atom. The summed E-state index contributed by atoms with van der Waals surface area (Å²) in [5.41, 5.74) is 6.42. The number of rotatable bonds is 2. The van der Waals surface area contributed by atoms with E-state index in [0.717, 1.165) is 0 Å². The minimum atomic E-state index is -0.583. The van der Waals surface area contributed by atoms with Gasteiger partial charge < -0.3 is 10.1 Å². The molecule has 0 fully saturated rings. The summed E-state index contributed by atoms with van der Waals surface area (Å²) in [4.78, 5) is 19.2. The fourth-order valence-electron chi connectivity index (χ4n) is 1.23. The summed E-state index contributed by atoms with van der Waals surface area (Å²) < 4.78 is 1.60. The van der Waals surface area contributed by atoms with Crippen LogP contribution in [-0.4, -0.2) is 34.4 Å². The number of imidazole rings is 1. The zero-order valence-corrected chi connectivity index (χ0v) is 8.78. The molecule has 2 radical (unpaired) electrons. The first-order valence-electron chi connectivity index (χ1n) is 4.11. The highest BCUT2D eigenvalue weighted by atomic mass is 32.2. The highest BCUT2D eigenvalue weighted by Crippen LogP contribution is 2.16. The molecule has 5 nitrogen and oxygen atoms in total. The van der Waals surface area contributed by atoms with Crippen LogP contribution in [0.1, 0.15) is 10.5 Å². The fourth-order valence-corrected chi connectivity index (χ4v) is 1.76. The minimum absolute atomic E-state index is 0.177. The Bertz CT molecular complexity index is 539. The van der Waals surface area contributed by atoms with Gasteiger partial charge in [-0.3, -0.25) is 4.79 Å². The number of carbonyl (C=O) groups is 1. The molecule has 0 atom stereocenters. The molecule has 0 unspecified atom stereocenters. The maximum atomic E-state index is 11.0. The number of nitrogens with two attached hydrogens (primary N) is 1. The Morgan fingerprint density at radius 2 is 2.40 bits per heavy atom. The van der Waals surface area contributed by atoms with E-state index in [4.69, 9.17) is 13.6 Å². The van der Waals surface area contributed by atoms with E-state index in [1.165, 1.54) is 24.2 Å². The van der Waals surface area contributed by atoms with E-state index in [-0.39, 0.29) is 5.69 Å². The van der Waals surface area contributed by atoms with Gasteiger partial charge in [-0.05, 0) is 11.8 Å². The lowest BCUT2D eigenvalue weighted by molar-refractivity contribution is 0.0994. The Hall–Kier alpha value is -1.50. The van der Waals surface area contributed by atoms with E-state index in [1.54, 1.807) is 4.40 Å². The van der Waals surface area contributed by atoms with Gasteiger partial charge in [0.2, 0.25) is 0 Å². The lowest BCUT2D eigenvalue weighted by Crippen LogP contribution is -2.17. The third-order valence-corrected chi connectivity index (χ3v) is 2.60. The number of hydrogen-bond donors (Lipinski definition) is 1. The number of primary amides is 1. The van der Waals surface area contributed by atoms with Crippen molar-refractivity contribution in [2.24, 2.45) is 5.73 Å². The molecular formula is C8H7BN4OS. The SMILES string of the molecule is [B]c1cnc2c(SC)nc(C(N)=O)cn12. The first-order chi connectivity index (χ1) is 7.13. The molecule has 0 aliphatic carbocycles. The Labute approximate surface area is 91.5 Å². The molecule has 15 heavy (non-hydrogen) atoms. The largest absolute Gasteiger partial charge is 0.364 e. The van der Waals surface area contributed by atoms with Gasteiger partial charge in [-0.15, -0.1) is 11.8 Å². The average molecular weight is 218 g/mol. The summed E-state index contributed by atoms with van der Waals surface area (Å²) >= 11 is 1.39. The zero-order chi connectivity index (χ0) is 11.0. The smallest absolute Gasteiger partial charge is 0.268 e. The lowest BCUT2D eigenvalue weighted by atomic mass is 10.1. The second-order valence-corrected chi connectivity index (χ2v) is 3.67. The van der Waals surface area contributed by atoms with Crippen LogP contribution in [0.25, 0.3) is 5.65 Å². The van der Waals surface area contributed by atoms with Crippen LogP contribution in [0.2, 0.25) is 0 Å². The van der Waals surface area contributed by atoms with Crippen LogP contribution in [0.4, 0.5) is 0 Å². The summed E-state index contributed by atoms with van der Waals surface area (Å²) in [5, 5.41) is 0.628. The van der Waals surface area contributed by atoms with E-state index in [0.29, 0.717) is 16.3 Å². The quantitative estimate of drug-likeness (QED) is 0.536. The van der Waals surface area contributed by atoms with Crippen LogP contribution in [-0.2, 0) is 0 Å². The summed E-state index contributed by atoms with van der Waals surface area (Å²) in [6.07, 6.45) is 4.85. The lowest BCUT2D eigenvalue weighted by Gasteiger charge is -2.03. The maximum absolute atomic E-state index is 11.0. The molecule has 2 aromatic rings. The van der Waals surface area contributed by atoms with Gasteiger partial charge in [0.05, 0.1) is 0 Å². The maximum Gasteiger partial charge on any atom is 0.268 e. The number of fused-ring (bicyclic) bond motifs is 1. The molecule has 2 rings (SSSR count). The molecule has 2 aromatic heterocycles. The van der Waals surface area contributed by atoms with Crippen LogP contribution < -0.4 is 11.3 Å². The van der Waals surface area contributed by atoms with E-state index in [2.05, 4.69) is 9.97 Å². The number of aromatic nitrogens is 3. The first-order valence-corrected chi connectivity index (χ1v) is 5.33. The first kappa shape index (κ1) is 10.0. The second-order valence-electron chi connectivity index (χ2n) is 2.88. The summed E-state index contributed by atoms with van der Waals surface area (Å²) in [6.45, 7) is 0. The number of nitrogens with zero attached hydrogens (tertiary/aromatic N) is 3. The molecule has 7 heteroatoms. The molecule has 0 bridgehead atoms. The fraction of sp³-hybridized carbons (Fsp3) is 0.125. The minimum Gasteiger partial charge on any atom is -0.364 e. The van der Waals surface area contributed by atoms with Crippen LogP contribution in [0.15, 0.2) is 17.4 Å². The van der Waals surface area contributed by atoms with Crippen molar-refractivity contribution in [3.05, 3.63) is 18.1 Å². The second kappa shape index (κ2) is 3.58. The van der Waals surface area contributed by atoms with E-state index < -0.39 is 5.91 Å². The van der Waals surface area contributed by atoms with Gasteiger partial charge in [-0.1, -0.05) is 0 Å². The van der Waals surface area contributed by atoms with Gasteiger partial charge >= 0.3 is 0 Å². The van der Waals surface area contributed by atoms with Crippen molar-refractivity contribution >= 4 is 36.8 Å². The van der Waals surface area contributed by atoms with E-state index in [1.807, 2.05) is 6.26 Å². The molecule has 1 amide bonds. The zero-order valence-electron chi connectivity index (χ0n) is 7.97. The molecular weight excluding hydrogens is 211 g/mol. The Balaban J connectivity index is 2.79. The molecule has 2 N–H and O–H groups in total. The molecule has 0 aliphatic heterocycles. The normalized spacial score (nSPS) is 10.7. The predicted molar refractivity (Wildman–Crippen MR) is 58.7 cm³/mol. The van der Waals surface area contributed by atoms with Gasteiger partial charge in [-0.25, -0.2) is 9.97 Å². The number of carbonyl (C=O) groups excluding carboxylic acids is 1. The van der Waals surface area contributed by atoms with Gasteiger partial charge in [0.1, 0.15) is 18.6 Å².